The smallest absolute Gasteiger partial charge is 0.312 e. The maximum absolute atomic E-state index is 12.5. The molecule has 1 aromatic carbocycles. The number of allylic oxidation sites excluding steroid dienone is 1. The molecular formula is C16H19NO3. The average Bonchev–Trinajstić information content (AvgIpc) is 2.76. The second-order valence-electron chi connectivity index (χ2n) is 5.46. The van der Waals surface area contributed by atoms with E-state index in [4.69, 9.17) is 0 Å². The minimum absolute atomic E-state index is 0.0378. The summed E-state index contributed by atoms with van der Waals surface area (Å²) in [7, 11) is 0. The highest BCUT2D eigenvalue weighted by Gasteiger charge is 2.37. The van der Waals surface area contributed by atoms with E-state index in [0.717, 1.165) is 16.8 Å². The largest absolute Gasteiger partial charge is 0.481 e. The summed E-state index contributed by atoms with van der Waals surface area (Å²) in [6, 6.07) is 7.22. The zero-order valence-corrected chi connectivity index (χ0v) is 11.8. The Morgan fingerprint density at radius 2 is 2.10 bits per heavy atom. The Hall–Kier alpha value is -2.10. The van der Waals surface area contributed by atoms with Gasteiger partial charge in [0, 0.05) is 18.2 Å². The molecule has 1 heterocycles. The molecule has 0 saturated carbocycles. The van der Waals surface area contributed by atoms with Crippen LogP contribution in [0.1, 0.15) is 31.7 Å². The van der Waals surface area contributed by atoms with Crippen LogP contribution in [0.4, 0.5) is 5.69 Å². The Bertz CT molecular complexity index is 565. The molecular weight excluding hydrogens is 254 g/mol. The first-order valence-corrected chi connectivity index (χ1v) is 6.69. The molecule has 0 aliphatic carbocycles. The third-order valence-corrected chi connectivity index (χ3v) is 3.61. The zero-order chi connectivity index (χ0) is 14.9. The fourth-order valence-electron chi connectivity index (χ4n) is 2.70. The summed E-state index contributed by atoms with van der Waals surface area (Å²) in [6.07, 6.45) is 0.620. The van der Waals surface area contributed by atoms with E-state index in [-0.39, 0.29) is 18.4 Å². The van der Waals surface area contributed by atoms with Crippen LogP contribution in [0.3, 0.4) is 0 Å². The van der Waals surface area contributed by atoms with Gasteiger partial charge < -0.3 is 10.0 Å². The summed E-state index contributed by atoms with van der Waals surface area (Å²) in [4.78, 5) is 25.4. The summed E-state index contributed by atoms with van der Waals surface area (Å²) in [5.41, 5.74) is 2.39. The molecule has 0 bridgehead atoms. The summed E-state index contributed by atoms with van der Waals surface area (Å²) in [5.74, 6) is -1.75. The van der Waals surface area contributed by atoms with E-state index in [2.05, 4.69) is 6.58 Å². The first kappa shape index (κ1) is 14.3. The van der Waals surface area contributed by atoms with Gasteiger partial charge in [0.25, 0.3) is 0 Å². The van der Waals surface area contributed by atoms with Crippen LogP contribution in [0, 0.1) is 5.92 Å². The average molecular weight is 273 g/mol. The molecule has 1 N–H and O–H groups in total. The van der Waals surface area contributed by atoms with Gasteiger partial charge >= 0.3 is 5.97 Å². The number of carboxylic acid groups (broad SMARTS) is 1. The minimum atomic E-state index is -0.889. The van der Waals surface area contributed by atoms with Gasteiger partial charge in [-0.15, -0.1) is 6.58 Å². The van der Waals surface area contributed by atoms with Crippen molar-refractivity contribution in [3.05, 3.63) is 42.0 Å². The third-order valence-electron chi connectivity index (χ3n) is 3.61. The molecule has 0 unspecified atom stereocenters. The van der Waals surface area contributed by atoms with Crippen LogP contribution >= 0.6 is 0 Å². The van der Waals surface area contributed by atoms with E-state index >= 15 is 0 Å². The maximum atomic E-state index is 12.5. The van der Waals surface area contributed by atoms with Crippen molar-refractivity contribution >= 4 is 17.6 Å². The molecule has 106 valence electrons. The zero-order valence-electron chi connectivity index (χ0n) is 11.8. The van der Waals surface area contributed by atoms with E-state index < -0.39 is 11.9 Å². The van der Waals surface area contributed by atoms with Gasteiger partial charge in [0.2, 0.25) is 5.91 Å². The van der Waals surface area contributed by atoms with Gasteiger partial charge in [-0.3, -0.25) is 9.59 Å². The molecule has 2 rings (SSSR count). The summed E-state index contributed by atoms with van der Waals surface area (Å²) in [6.45, 7) is 7.79. The lowest BCUT2D eigenvalue weighted by Gasteiger charge is -2.22. The number of nitrogens with zero attached hydrogens (tertiary/aromatic N) is 1. The molecule has 1 aromatic rings. The van der Waals surface area contributed by atoms with Crippen molar-refractivity contribution in [2.45, 2.75) is 26.2 Å². The van der Waals surface area contributed by atoms with Crippen LogP contribution in [0.15, 0.2) is 36.4 Å². The van der Waals surface area contributed by atoms with Crippen molar-refractivity contribution < 1.29 is 14.7 Å². The summed E-state index contributed by atoms with van der Waals surface area (Å²) < 4.78 is 0. The van der Waals surface area contributed by atoms with Gasteiger partial charge in [0.15, 0.2) is 0 Å². The molecule has 1 aliphatic rings. The second-order valence-corrected chi connectivity index (χ2v) is 5.46. The van der Waals surface area contributed by atoms with Crippen LogP contribution in [-0.4, -0.2) is 23.5 Å². The van der Waals surface area contributed by atoms with E-state index in [1.54, 1.807) is 17.0 Å². The van der Waals surface area contributed by atoms with Gasteiger partial charge in [-0.2, -0.15) is 0 Å². The standard InChI is InChI=1S/C16H19NO3/c1-10(2)8-11(3)15(18)17-9-13(16(19)20)12-6-4-5-7-14(12)17/h4-7,11,13H,1,8-9H2,2-3H3,(H,19,20)/t11-,13+/m0/s1. The highest BCUT2D eigenvalue weighted by molar-refractivity contribution is 6.00. The lowest BCUT2D eigenvalue weighted by Crippen LogP contribution is -2.35. The number of amides is 1. The monoisotopic (exact) mass is 273 g/mol. The van der Waals surface area contributed by atoms with Crippen LogP contribution in [0.25, 0.3) is 0 Å². The second kappa shape index (κ2) is 5.49. The molecule has 4 nitrogen and oxygen atoms in total. The van der Waals surface area contributed by atoms with Gasteiger partial charge in [-0.1, -0.05) is 30.7 Å². The molecule has 1 aliphatic heterocycles. The number of benzene rings is 1. The van der Waals surface area contributed by atoms with E-state index in [0.29, 0.717) is 6.42 Å². The number of hydrogen-bond donors (Lipinski definition) is 1. The van der Waals surface area contributed by atoms with Crippen molar-refractivity contribution in [3.8, 4) is 0 Å². The summed E-state index contributed by atoms with van der Waals surface area (Å²) >= 11 is 0. The van der Waals surface area contributed by atoms with Crippen molar-refractivity contribution in [3.63, 3.8) is 0 Å². The van der Waals surface area contributed by atoms with Crippen molar-refractivity contribution in [1.29, 1.82) is 0 Å². The lowest BCUT2D eigenvalue weighted by molar-refractivity contribution is -0.138. The quantitative estimate of drug-likeness (QED) is 0.858. The van der Waals surface area contributed by atoms with E-state index in [1.807, 2.05) is 26.0 Å². The van der Waals surface area contributed by atoms with Crippen LogP contribution in [0.2, 0.25) is 0 Å². The van der Waals surface area contributed by atoms with Gasteiger partial charge in [0.05, 0.1) is 0 Å². The Balaban J connectivity index is 2.29. The topological polar surface area (TPSA) is 57.6 Å². The molecule has 1 amide bonds. The van der Waals surface area contributed by atoms with Gasteiger partial charge in [0.1, 0.15) is 5.92 Å². The fourth-order valence-corrected chi connectivity index (χ4v) is 2.70. The Kier molecular flexibility index (Phi) is 3.93. The van der Waals surface area contributed by atoms with Crippen LogP contribution in [-0.2, 0) is 9.59 Å². The first-order valence-electron chi connectivity index (χ1n) is 6.69. The molecule has 0 fully saturated rings. The van der Waals surface area contributed by atoms with Crippen molar-refractivity contribution in [2.75, 3.05) is 11.4 Å². The number of fused-ring (bicyclic) bond motifs is 1. The third kappa shape index (κ3) is 2.59. The number of hydrogen-bond acceptors (Lipinski definition) is 2. The molecule has 2 atom stereocenters. The lowest BCUT2D eigenvalue weighted by atomic mass is 10.0. The number of rotatable bonds is 4. The Labute approximate surface area is 118 Å². The normalized spacial score (nSPS) is 18.5. The molecule has 0 saturated heterocycles. The molecule has 0 radical (unpaired) electrons. The fraction of sp³-hybridized carbons (Fsp3) is 0.375. The number of aliphatic carboxylic acids is 1. The maximum Gasteiger partial charge on any atom is 0.312 e. The van der Waals surface area contributed by atoms with E-state index in [1.165, 1.54) is 0 Å². The number of carboxylic acids is 1. The highest BCUT2D eigenvalue weighted by atomic mass is 16.4. The SMILES string of the molecule is C=C(C)C[C@H](C)C(=O)N1C[C@@H](C(=O)O)c2ccccc21. The first-order chi connectivity index (χ1) is 9.41. The number of para-hydroxylation sites is 1. The Morgan fingerprint density at radius 1 is 1.45 bits per heavy atom. The minimum Gasteiger partial charge on any atom is -0.481 e. The number of anilines is 1. The number of carbonyl (C=O) groups excluding carboxylic acids is 1. The number of carbonyl (C=O) groups is 2. The Morgan fingerprint density at radius 3 is 2.70 bits per heavy atom. The van der Waals surface area contributed by atoms with E-state index in [9.17, 15) is 14.7 Å². The van der Waals surface area contributed by atoms with Crippen LogP contribution in [0.5, 0.6) is 0 Å². The van der Waals surface area contributed by atoms with Crippen LogP contribution < -0.4 is 4.90 Å². The molecule has 0 aromatic heterocycles. The van der Waals surface area contributed by atoms with Gasteiger partial charge in [-0.25, -0.2) is 0 Å². The molecule has 0 spiro atoms. The summed E-state index contributed by atoms with van der Waals surface area (Å²) in [5, 5.41) is 9.29. The van der Waals surface area contributed by atoms with Crippen molar-refractivity contribution in [1.82, 2.24) is 0 Å². The van der Waals surface area contributed by atoms with Crippen molar-refractivity contribution in [2.24, 2.45) is 5.92 Å². The predicted octanol–water partition coefficient (Wildman–Crippen LogP) is 2.80. The molecule has 4 heteroatoms. The van der Waals surface area contributed by atoms with Gasteiger partial charge in [-0.05, 0) is 25.0 Å². The molecule has 20 heavy (non-hydrogen) atoms. The highest BCUT2D eigenvalue weighted by Crippen LogP contribution is 2.37. The predicted molar refractivity (Wildman–Crippen MR) is 77.8 cm³/mol.